The molecule has 0 amide bonds. The van der Waals surface area contributed by atoms with Crippen LogP contribution >= 0.6 is 0 Å². The molecule has 1 aromatic carbocycles. The topological polar surface area (TPSA) is 38.4 Å². The lowest BCUT2D eigenvalue weighted by atomic mass is 9.98. The predicted octanol–water partition coefficient (Wildman–Crippen LogP) is 3.77. The van der Waals surface area contributed by atoms with Crippen molar-refractivity contribution in [2.24, 2.45) is 4.99 Å². The highest BCUT2D eigenvalue weighted by molar-refractivity contribution is 6.09. The van der Waals surface area contributed by atoms with E-state index >= 15 is 0 Å². The molecule has 0 aliphatic heterocycles. The van der Waals surface area contributed by atoms with Crippen LogP contribution in [0.15, 0.2) is 65.2 Å². The fraction of sp³-hybridized carbons (Fsp3) is 0.188. The van der Waals surface area contributed by atoms with Crippen molar-refractivity contribution in [2.45, 2.75) is 13.8 Å². The molecule has 0 heterocycles. The van der Waals surface area contributed by atoms with E-state index in [1.54, 1.807) is 7.05 Å². The van der Waals surface area contributed by atoms with E-state index < -0.39 is 0 Å². The summed E-state index contributed by atoms with van der Waals surface area (Å²) in [7, 11) is 1.77. The Labute approximate surface area is 109 Å². The number of rotatable bonds is 4. The standard InChI is InChI=1S/C16H20N2/c1-11(2)15(12(3)4)10-16(18-5)13-6-8-14(17)9-7-13/h6-10H,1,3,17H2,2,4-5H3. The van der Waals surface area contributed by atoms with Gasteiger partial charge in [-0.2, -0.15) is 0 Å². The minimum atomic E-state index is 0.748. The van der Waals surface area contributed by atoms with Gasteiger partial charge >= 0.3 is 0 Å². The monoisotopic (exact) mass is 240 g/mol. The molecule has 2 N–H and O–H groups in total. The second-order valence-electron chi connectivity index (χ2n) is 4.35. The van der Waals surface area contributed by atoms with E-state index in [2.05, 4.69) is 18.2 Å². The van der Waals surface area contributed by atoms with Gasteiger partial charge in [0.05, 0.1) is 5.71 Å². The summed E-state index contributed by atoms with van der Waals surface area (Å²) in [5.74, 6) is 0. The number of nitrogen functional groups attached to an aromatic ring is 1. The van der Waals surface area contributed by atoms with Crippen molar-refractivity contribution >= 4 is 11.4 Å². The van der Waals surface area contributed by atoms with Crippen LogP contribution in [0.3, 0.4) is 0 Å². The van der Waals surface area contributed by atoms with E-state index in [0.29, 0.717) is 0 Å². The minimum Gasteiger partial charge on any atom is -0.399 e. The minimum absolute atomic E-state index is 0.748. The third-order valence-corrected chi connectivity index (χ3v) is 2.65. The number of allylic oxidation sites excluding steroid dienone is 4. The van der Waals surface area contributed by atoms with E-state index in [1.165, 1.54) is 0 Å². The maximum atomic E-state index is 5.68. The normalized spacial score (nSPS) is 10.9. The first kappa shape index (κ1) is 14.0. The molecule has 0 aliphatic carbocycles. The Morgan fingerprint density at radius 3 is 2.00 bits per heavy atom. The number of hydrogen-bond donors (Lipinski definition) is 1. The van der Waals surface area contributed by atoms with Gasteiger partial charge in [-0.05, 0) is 43.2 Å². The molecule has 0 aliphatic rings. The fourth-order valence-corrected chi connectivity index (χ4v) is 1.68. The molecule has 94 valence electrons. The summed E-state index contributed by atoms with van der Waals surface area (Å²) < 4.78 is 0. The molecule has 0 atom stereocenters. The van der Waals surface area contributed by atoms with Crippen LogP contribution in [0.4, 0.5) is 5.69 Å². The zero-order chi connectivity index (χ0) is 13.7. The van der Waals surface area contributed by atoms with Crippen molar-refractivity contribution in [3.8, 4) is 0 Å². The van der Waals surface area contributed by atoms with E-state index in [1.807, 2.05) is 44.2 Å². The molecule has 0 bridgehead atoms. The average Bonchev–Trinajstić information content (AvgIpc) is 2.31. The Morgan fingerprint density at radius 1 is 1.11 bits per heavy atom. The van der Waals surface area contributed by atoms with Crippen molar-refractivity contribution < 1.29 is 0 Å². The molecule has 2 heteroatoms. The van der Waals surface area contributed by atoms with Gasteiger partial charge in [0.15, 0.2) is 0 Å². The highest BCUT2D eigenvalue weighted by Gasteiger charge is 2.04. The van der Waals surface area contributed by atoms with Crippen molar-refractivity contribution in [2.75, 3.05) is 12.8 Å². The summed E-state index contributed by atoms with van der Waals surface area (Å²) >= 11 is 0. The number of anilines is 1. The van der Waals surface area contributed by atoms with Crippen LogP contribution in [-0.2, 0) is 0 Å². The van der Waals surface area contributed by atoms with Gasteiger partial charge in [-0.1, -0.05) is 36.4 Å². The molecule has 1 rings (SSSR count). The fourth-order valence-electron chi connectivity index (χ4n) is 1.68. The zero-order valence-electron chi connectivity index (χ0n) is 11.3. The number of hydrogen-bond acceptors (Lipinski definition) is 2. The molecule has 0 saturated heterocycles. The van der Waals surface area contributed by atoms with Crippen LogP contribution in [0.2, 0.25) is 0 Å². The molecule has 0 fully saturated rings. The summed E-state index contributed by atoms with van der Waals surface area (Å²) in [6.45, 7) is 11.9. The van der Waals surface area contributed by atoms with Gasteiger partial charge in [0.2, 0.25) is 0 Å². The molecule has 0 unspecified atom stereocenters. The van der Waals surface area contributed by atoms with Crippen LogP contribution in [-0.4, -0.2) is 12.8 Å². The third kappa shape index (κ3) is 3.45. The predicted molar refractivity (Wildman–Crippen MR) is 81.0 cm³/mol. The molecule has 2 nitrogen and oxygen atoms in total. The molecule has 1 aromatic rings. The maximum Gasteiger partial charge on any atom is 0.0649 e. The van der Waals surface area contributed by atoms with Gasteiger partial charge in [0, 0.05) is 12.7 Å². The second-order valence-corrected chi connectivity index (χ2v) is 4.35. The lowest BCUT2D eigenvalue weighted by Gasteiger charge is -2.08. The van der Waals surface area contributed by atoms with Crippen molar-refractivity contribution in [3.05, 3.63) is 65.8 Å². The van der Waals surface area contributed by atoms with Crippen LogP contribution in [0.1, 0.15) is 19.4 Å². The second kappa shape index (κ2) is 6.01. The number of aliphatic imine (C=N–C) groups is 1. The average molecular weight is 240 g/mol. The first-order chi connectivity index (χ1) is 8.45. The van der Waals surface area contributed by atoms with Gasteiger partial charge in [0.25, 0.3) is 0 Å². The van der Waals surface area contributed by atoms with Crippen LogP contribution < -0.4 is 5.73 Å². The van der Waals surface area contributed by atoms with E-state index in [-0.39, 0.29) is 0 Å². The molecule has 18 heavy (non-hydrogen) atoms. The van der Waals surface area contributed by atoms with Crippen LogP contribution in [0.25, 0.3) is 0 Å². The summed E-state index contributed by atoms with van der Waals surface area (Å²) in [5.41, 5.74) is 11.4. The molecule has 0 aromatic heterocycles. The number of nitrogens with zero attached hydrogens (tertiary/aromatic N) is 1. The molecular formula is C16H20N2. The highest BCUT2D eigenvalue weighted by atomic mass is 14.7. The quantitative estimate of drug-likeness (QED) is 0.485. The zero-order valence-corrected chi connectivity index (χ0v) is 11.3. The van der Waals surface area contributed by atoms with Gasteiger partial charge in [0.1, 0.15) is 0 Å². The van der Waals surface area contributed by atoms with Gasteiger partial charge in [-0.25, -0.2) is 0 Å². The van der Waals surface area contributed by atoms with E-state index in [9.17, 15) is 0 Å². The van der Waals surface area contributed by atoms with Crippen LogP contribution in [0, 0.1) is 0 Å². The van der Waals surface area contributed by atoms with Crippen LogP contribution in [0.5, 0.6) is 0 Å². The first-order valence-electron chi connectivity index (χ1n) is 5.82. The highest BCUT2D eigenvalue weighted by Crippen LogP contribution is 2.18. The Kier molecular flexibility index (Phi) is 4.67. The van der Waals surface area contributed by atoms with Crippen molar-refractivity contribution in [1.29, 1.82) is 0 Å². The van der Waals surface area contributed by atoms with Crippen molar-refractivity contribution in [3.63, 3.8) is 0 Å². The molecule has 0 spiro atoms. The largest absolute Gasteiger partial charge is 0.399 e. The molecule has 0 radical (unpaired) electrons. The summed E-state index contributed by atoms with van der Waals surface area (Å²) in [5, 5.41) is 0. The van der Waals surface area contributed by atoms with Gasteiger partial charge in [-0.3, -0.25) is 4.99 Å². The molecule has 0 saturated carbocycles. The lowest BCUT2D eigenvalue weighted by Crippen LogP contribution is -2.00. The maximum absolute atomic E-state index is 5.68. The SMILES string of the molecule is C=C(C)C(=CC(=NC)c1ccc(N)cc1)C(=C)C. The lowest BCUT2D eigenvalue weighted by molar-refractivity contribution is 1.34. The summed E-state index contributed by atoms with van der Waals surface area (Å²) in [6, 6.07) is 7.66. The van der Waals surface area contributed by atoms with E-state index in [0.717, 1.165) is 33.7 Å². The van der Waals surface area contributed by atoms with Gasteiger partial charge < -0.3 is 5.73 Å². The van der Waals surface area contributed by atoms with E-state index in [4.69, 9.17) is 5.73 Å². The number of nitrogens with two attached hydrogens (primary N) is 1. The smallest absolute Gasteiger partial charge is 0.0649 e. The summed E-state index contributed by atoms with van der Waals surface area (Å²) in [6.07, 6.45) is 2.01. The number of benzene rings is 1. The Balaban J connectivity index is 3.20. The Bertz CT molecular complexity index is 501. The third-order valence-electron chi connectivity index (χ3n) is 2.65. The first-order valence-corrected chi connectivity index (χ1v) is 5.82. The van der Waals surface area contributed by atoms with Crippen molar-refractivity contribution in [1.82, 2.24) is 0 Å². The van der Waals surface area contributed by atoms with Gasteiger partial charge in [-0.15, -0.1) is 0 Å². The molecular weight excluding hydrogens is 220 g/mol. The summed E-state index contributed by atoms with van der Waals surface area (Å²) in [4.78, 5) is 4.31. The Morgan fingerprint density at radius 2 is 1.61 bits per heavy atom. The Hall–Kier alpha value is -2.09.